The second kappa shape index (κ2) is 5.26. The highest BCUT2D eigenvalue weighted by molar-refractivity contribution is 5.67. The van der Waals surface area contributed by atoms with Crippen LogP contribution in [0.5, 0.6) is 0 Å². The molecule has 0 bridgehead atoms. The maximum absolute atomic E-state index is 13.2. The van der Waals surface area contributed by atoms with E-state index in [0.717, 1.165) is 12.1 Å². The molecule has 3 nitrogen and oxygen atoms in total. The molecule has 1 aromatic carbocycles. The van der Waals surface area contributed by atoms with Crippen LogP contribution in [0.15, 0.2) is 18.5 Å². The van der Waals surface area contributed by atoms with Gasteiger partial charge in [0.15, 0.2) is 17.5 Å². The summed E-state index contributed by atoms with van der Waals surface area (Å²) >= 11 is 0. The Balaban J connectivity index is 2.56. The Bertz CT molecular complexity index is 591. The average molecular weight is 267 g/mol. The van der Waals surface area contributed by atoms with Crippen molar-refractivity contribution < 1.29 is 13.2 Å². The van der Waals surface area contributed by atoms with Gasteiger partial charge in [-0.3, -0.25) is 0 Å². The molecule has 0 aliphatic heterocycles. The van der Waals surface area contributed by atoms with Crippen molar-refractivity contribution in [2.45, 2.75) is 13.8 Å². The minimum Gasteiger partial charge on any atom is -0.370 e. The maximum atomic E-state index is 13.2. The van der Waals surface area contributed by atoms with Crippen LogP contribution < -0.4 is 5.32 Å². The van der Waals surface area contributed by atoms with E-state index < -0.39 is 17.5 Å². The summed E-state index contributed by atoms with van der Waals surface area (Å²) in [4.78, 5) is 8.03. The summed E-state index contributed by atoms with van der Waals surface area (Å²) in [6.07, 6.45) is 1.29. The van der Waals surface area contributed by atoms with Crippen LogP contribution >= 0.6 is 0 Å². The third-order valence-corrected chi connectivity index (χ3v) is 2.69. The Morgan fingerprint density at radius 2 is 1.74 bits per heavy atom. The van der Waals surface area contributed by atoms with E-state index in [9.17, 15) is 13.2 Å². The van der Waals surface area contributed by atoms with Crippen molar-refractivity contribution in [1.82, 2.24) is 9.97 Å². The van der Waals surface area contributed by atoms with Gasteiger partial charge in [0, 0.05) is 17.7 Å². The Morgan fingerprint density at radius 1 is 1.11 bits per heavy atom. The number of benzene rings is 1. The number of hydrogen-bond acceptors (Lipinski definition) is 3. The smallest absolute Gasteiger partial charge is 0.194 e. The molecule has 1 N–H and O–H groups in total. The average Bonchev–Trinajstić information content (AvgIpc) is 2.38. The molecule has 0 saturated heterocycles. The quantitative estimate of drug-likeness (QED) is 0.867. The molecule has 100 valence electrons. The summed E-state index contributed by atoms with van der Waals surface area (Å²) in [7, 11) is 0. The van der Waals surface area contributed by atoms with Gasteiger partial charge in [-0.2, -0.15) is 0 Å². The molecule has 1 heterocycles. The van der Waals surface area contributed by atoms with E-state index in [-0.39, 0.29) is 5.56 Å². The monoisotopic (exact) mass is 267 g/mol. The lowest BCUT2D eigenvalue weighted by Gasteiger charge is -2.10. The number of nitrogens with one attached hydrogen (secondary N) is 1. The van der Waals surface area contributed by atoms with E-state index in [2.05, 4.69) is 15.3 Å². The Hall–Kier alpha value is -2.11. The van der Waals surface area contributed by atoms with Gasteiger partial charge in [0.05, 0.1) is 5.69 Å². The van der Waals surface area contributed by atoms with Crippen LogP contribution in [0.1, 0.15) is 12.5 Å². The number of anilines is 1. The first-order chi connectivity index (χ1) is 9.04. The molecule has 0 saturated carbocycles. The van der Waals surface area contributed by atoms with Gasteiger partial charge in [-0.1, -0.05) is 0 Å². The Labute approximate surface area is 108 Å². The number of aromatic nitrogens is 2. The zero-order valence-electron chi connectivity index (χ0n) is 10.5. The van der Waals surface area contributed by atoms with Crippen LogP contribution in [0, 0.1) is 24.4 Å². The second-order valence-electron chi connectivity index (χ2n) is 3.98. The van der Waals surface area contributed by atoms with Crippen molar-refractivity contribution in [2.75, 3.05) is 11.9 Å². The molecule has 0 unspecified atom stereocenters. The molecule has 0 aliphatic carbocycles. The second-order valence-corrected chi connectivity index (χ2v) is 3.98. The summed E-state index contributed by atoms with van der Waals surface area (Å²) < 4.78 is 39.4. The lowest BCUT2D eigenvalue weighted by Crippen LogP contribution is -2.04. The van der Waals surface area contributed by atoms with E-state index in [1.165, 1.54) is 6.33 Å². The zero-order valence-corrected chi connectivity index (χ0v) is 10.5. The van der Waals surface area contributed by atoms with Gasteiger partial charge in [0.2, 0.25) is 0 Å². The van der Waals surface area contributed by atoms with Crippen molar-refractivity contribution in [3.8, 4) is 11.3 Å². The first kappa shape index (κ1) is 13.3. The SMILES string of the molecule is CCNc1ncnc(-c2cc(F)c(F)c(F)c2)c1C. The molecule has 0 spiro atoms. The molecule has 1 aromatic heterocycles. The first-order valence-electron chi connectivity index (χ1n) is 5.75. The fourth-order valence-corrected chi connectivity index (χ4v) is 1.78. The number of nitrogens with zero attached hydrogens (tertiary/aromatic N) is 2. The van der Waals surface area contributed by atoms with Crippen LogP contribution in [-0.2, 0) is 0 Å². The van der Waals surface area contributed by atoms with Crippen LogP contribution in [0.25, 0.3) is 11.3 Å². The first-order valence-corrected chi connectivity index (χ1v) is 5.75. The standard InChI is InChI=1S/C13H12F3N3/c1-3-17-13-7(2)12(18-6-19-13)8-4-9(14)11(16)10(15)5-8/h4-6H,3H2,1-2H3,(H,17,18,19). The number of rotatable bonds is 3. The minimum absolute atomic E-state index is 0.176. The predicted molar refractivity (Wildman–Crippen MR) is 66.2 cm³/mol. The highest BCUT2D eigenvalue weighted by atomic mass is 19.2. The summed E-state index contributed by atoms with van der Waals surface area (Å²) in [5.74, 6) is -3.38. The molecule has 0 aliphatic rings. The molecule has 2 aromatic rings. The molecule has 2 rings (SSSR count). The van der Waals surface area contributed by atoms with Crippen LogP contribution in [-0.4, -0.2) is 16.5 Å². The molecular weight excluding hydrogens is 255 g/mol. The molecule has 19 heavy (non-hydrogen) atoms. The van der Waals surface area contributed by atoms with Crippen LogP contribution in [0.4, 0.5) is 19.0 Å². The lowest BCUT2D eigenvalue weighted by atomic mass is 10.1. The number of halogens is 3. The molecule has 0 radical (unpaired) electrons. The van der Waals surface area contributed by atoms with Gasteiger partial charge in [0.25, 0.3) is 0 Å². The van der Waals surface area contributed by atoms with E-state index in [0.29, 0.717) is 23.6 Å². The van der Waals surface area contributed by atoms with Gasteiger partial charge in [0.1, 0.15) is 12.1 Å². The fourth-order valence-electron chi connectivity index (χ4n) is 1.78. The molecule has 0 fully saturated rings. The third kappa shape index (κ3) is 2.52. The summed E-state index contributed by atoms with van der Waals surface area (Å²) in [5.41, 5.74) is 1.19. The highest BCUT2D eigenvalue weighted by Gasteiger charge is 2.15. The molecule has 6 heteroatoms. The van der Waals surface area contributed by atoms with E-state index in [1.54, 1.807) is 6.92 Å². The molecule has 0 atom stereocenters. The lowest BCUT2D eigenvalue weighted by molar-refractivity contribution is 0.447. The summed E-state index contributed by atoms with van der Waals surface area (Å²) in [6.45, 7) is 4.29. The molecular formula is C13H12F3N3. The normalized spacial score (nSPS) is 10.6. The van der Waals surface area contributed by atoms with E-state index in [4.69, 9.17) is 0 Å². The van der Waals surface area contributed by atoms with Gasteiger partial charge in [-0.25, -0.2) is 23.1 Å². The van der Waals surface area contributed by atoms with Crippen molar-refractivity contribution in [3.63, 3.8) is 0 Å². The maximum Gasteiger partial charge on any atom is 0.194 e. The van der Waals surface area contributed by atoms with Gasteiger partial charge in [-0.15, -0.1) is 0 Å². The zero-order chi connectivity index (χ0) is 14.0. The van der Waals surface area contributed by atoms with E-state index in [1.807, 2.05) is 6.92 Å². The summed E-state index contributed by atoms with van der Waals surface area (Å²) in [6, 6.07) is 1.84. The van der Waals surface area contributed by atoms with Crippen LogP contribution in [0.2, 0.25) is 0 Å². The number of hydrogen-bond donors (Lipinski definition) is 1. The van der Waals surface area contributed by atoms with E-state index >= 15 is 0 Å². The minimum atomic E-state index is -1.48. The van der Waals surface area contributed by atoms with Gasteiger partial charge >= 0.3 is 0 Å². The Kier molecular flexibility index (Phi) is 3.69. The topological polar surface area (TPSA) is 37.8 Å². The van der Waals surface area contributed by atoms with Gasteiger partial charge in [-0.05, 0) is 26.0 Å². The molecule has 0 amide bonds. The van der Waals surface area contributed by atoms with Gasteiger partial charge < -0.3 is 5.32 Å². The largest absolute Gasteiger partial charge is 0.370 e. The van der Waals surface area contributed by atoms with Crippen molar-refractivity contribution in [3.05, 3.63) is 41.5 Å². The highest BCUT2D eigenvalue weighted by Crippen LogP contribution is 2.27. The fraction of sp³-hybridized carbons (Fsp3) is 0.231. The summed E-state index contributed by atoms with van der Waals surface area (Å²) in [5, 5.41) is 3.01. The predicted octanol–water partition coefficient (Wildman–Crippen LogP) is 3.30. The van der Waals surface area contributed by atoms with Crippen molar-refractivity contribution in [2.24, 2.45) is 0 Å². The van der Waals surface area contributed by atoms with Crippen LogP contribution in [0.3, 0.4) is 0 Å². The van der Waals surface area contributed by atoms with Crippen molar-refractivity contribution >= 4 is 5.82 Å². The van der Waals surface area contributed by atoms with Crippen molar-refractivity contribution in [1.29, 1.82) is 0 Å². The Morgan fingerprint density at radius 3 is 2.32 bits per heavy atom. The third-order valence-electron chi connectivity index (χ3n) is 2.69.